The molecule has 1 aromatic carbocycles. The number of amides is 1. The second-order valence-corrected chi connectivity index (χ2v) is 10.1. The van der Waals surface area contributed by atoms with Crippen molar-refractivity contribution >= 4 is 56.0 Å². The fourth-order valence-electron chi connectivity index (χ4n) is 4.40. The van der Waals surface area contributed by atoms with Gasteiger partial charge in [-0.05, 0) is 48.5 Å². The van der Waals surface area contributed by atoms with Crippen LogP contribution in [0.15, 0.2) is 140 Å². The van der Waals surface area contributed by atoms with E-state index >= 15 is 0 Å². The van der Waals surface area contributed by atoms with E-state index in [-0.39, 0.29) is 19.5 Å². The van der Waals surface area contributed by atoms with E-state index in [1.807, 2.05) is 115 Å². The summed E-state index contributed by atoms with van der Waals surface area (Å²) in [6, 6.07) is 33.7. The molecule has 0 saturated heterocycles. The number of aromatic amines is 4. The first-order valence-electron chi connectivity index (χ1n) is 13.7. The molecular formula is C34H32IN7ORu+6. The first-order chi connectivity index (χ1) is 21.2. The van der Waals surface area contributed by atoms with Gasteiger partial charge in [0.15, 0.2) is 34.9 Å². The van der Waals surface area contributed by atoms with Crippen LogP contribution in [0.4, 0.5) is 5.69 Å². The molecule has 8 nitrogen and oxygen atoms in total. The molecule has 0 atom stereocenters. The molecule has 0 aliphatic heterocycles. The molecule has 10 heteroatoms. The molecule has 0 aliphatic rings. The van der Waals surface area contributed by atoms with Crippen molar-refractivity contribution in [3.8, 4) is 22.8 Å². The average molecular weight is 783 g/mol. The number of pyridine rings is 6. The Morgan fingerprint density at radius 2 is 1.18 bits per heavy atom. The molecular weight excluding hydrogens is 750 g/mol. The Bertz CT molecular complexity index is 1750. The van der Waals surface area contributed by atoms with Crippen LogP contribution >= 0.6 is 22.6 Å². The van der Waals surface area contributed by atoms with E-state index in [1.54, 1.807) is 12.4 Å². The van der Waals surface area contributed by atoms with Crippen molar-refractivity contribution in [3.63, 3.8) is 0 Å². The molecule has 7 N–H and O–H groups in total. The molecule has 0 bridgehead atoms. The van der Waals surface area contributed by atoms with E-state index in [9.17, 15) is 4.79 Å². The summed E-state index contributed by atoms with van der Waals surface area (Å²) in [5.74, 6) is 0.380. The number of nitrogens with one attached hydrogen (secondary N) is 4. The summed E-state index contributed by atoms with van der Waals surface area (Å²) in [7, 11) is 0. The maximum absolute atomic E-state index is 9.78. The summed E-state index contributed by atoms with van der Waals surface area (Å²) in [5.41, 5.74) is 7.16. The summed E-state index contributed by atoms with van der Waals surface area (Å²) in [4.78, 5) is 31.0. The Morgan fingerprint density at radius 3 is 1.70 bits per heavy atom. The van der Waals surface area contributed by atoms with Crippen molar-refractivity contribution in [3.05, 3.63) is 140 Å². The Morgan fingerprint density at radius 1 is 0.636 bits per heavy atom. The molecule has 0 fully saturated rings. The third-order valence-corrected chi connectivity index (χ3v) is 7.16. The topological polar surface area (TPSA) is 120 Å². The minimum absolute atomic E-state index is 0. The van der Waals surface area contributed by atoms with Crippen molar-refractivity contribution in [1.29, 1.82) is 0 Å². The van der Waals surface area contributed by atoms with Crippen molar-refractivity contribution in [2.45, 2.75) is 0 Å². The number of benzene rings is 1. The first kappa shape index (κ1) is 32.5. The number of carbonyl (C=O) groups excluding carboxylic acids is 1. The van der Waals surface area contributed by atoms with Gasteiger partial charge in [0.25, 0.3) is 22.4 Å². The number of primary amides is 1. The van der Waals surface area contributed by atoms with Gasteiger partial charge in [-0.25, -0.2) is 30.0 Å². The normalized spacial score (nSPS) is 10.0. The van der Waals surface area contributed by atoms with E-state index in [2.05, 4.69) is 70.7 Å². The number of hydrogen-bond donors (Lipinski definition) is 1. The van der Waals surface area contributed by atoms with Crippen LogP contribution in [0.2, 0.25) is 0 Å². The number of H-pyrrole nitrogens is 4. The van der Waals surface area contributed by atoms with E-state index in [0.29, 0.717) is 10.3 Å². The van der Waals surface area contributed by atoms with Gasteiger partial charge in [-0.2, -0.15) is 0 Å². The van der Waals surface area contributed by atoms with E-state index in [4.69, 9.17) is 0 Å². The van der Waals surface area contributed by atoms with Crippen LogP contribution in [0.3, 0.4) is 0 Å². The largest absolute Gasteiger partial charge is 0.492 e. The van der Waals surface area contributed by atoms with Crippen molar-refractivity contribution in [2.24, 2.45) is 0 Å². The molecule has 0 spiro atoms. The molecule has 0 aliphatic carbocycles. The number of halogens is 1. The van der Waals surface area contributed by atoms with Crippen LogP contribution in [0.1, 0.15) is 0 Å². The Labute approximate surface area is 281 Å². The van der Waals surface area contributed by atoms with Gasteiger partial charge in [-0.1, -0.05) is 34.7 Å². The maximum Gasteiger partial charge on any atom is 0.492 e. The van der Waals surface area contributed by atoms with Gasteiger partial charge < -0.3 is 0 Å². The molecule has 1 amide bonds. The zero-order valence-corrected chi connectivity index (χ0v) is 27.5. The molecule has 6 heterocycles. The van der Waals surface area contributed by atoms with Crippen LogP contribution in [-0.4, -0.2) is 25.1 Å². The number of rotatable bonds is 4. The smallest absolute Gasteiger partial charge is 0.255 e. The SMILES string of the molecule is [OH+]=C(CI)[NH2+]c1cc2ccc[nH+]c2c2[nH+]cccc12.[Ru].c1ccc(-c2cccc[nH+]2)[nH+]c1.c1ccc(-c2ccccn2)nc1. The minimum Gasteiger partial charge on any atom is -0.255 e. The third kappa shape index (κ3) is 8.82. The van der Waals surface area contributed by atoms with E-state index < -0.39 is 0 Å². The Balaban J connectivity index is 0.000000155. The summed E-state index contributed by atoms with van der Waals surface area (Å²) < 4.78 is 0.606. The number of nitrogens with two attached hydrogens (primary N) is 1. The van der Waals surface area contributed by atoms with Crippen LogP contribution in [0, 0.1) is 0 Å². The zero-order valence-electron chi connectivity index (χ0n) is 23.6. The molecule has 44 heavy (non-hydrogen) atoms. The molecule has 218 valence electrons. The zero-order chi connectivity index (χ0) is 29.7. The predicted molar refractivity (Wildman–Crippen MR) is 174 cm³/mol. The monoisotopic (exact) mass is 783 g/mol. The molecule has 0 unspecified atom stereocenters. The quantitative estimate of drug-likeness (QED) is 0.0729. The van der Waals surface area contributed by atoms with Gasteiger partial charge in [0, 0.05) is 74.3 Å². The van der Waals surface area contributed by atoms with Crippen LogP contribution < -0.4 is 25.3 Å². The number of fused-ring (bicyclic) bond motifs is 3. The molecule has 7 aromatic rings. The predicted octanol–water partition coefficient (Wildman–Crippen LogP) is 3.88. The van der Waals surface area contributed by atoms with Gasteiger partial charge in [0.2, 0.25) is 0 Å². The summed E-state index contributed by atoms with van der Waals surface area (Å²) in [6.07, 6.45) is 11.2. The molecule has 0 radical (unpaired) electrons. The number of alkyl halides is 1. The van der Waals surface area contributed by atoms with Gasteiger partial charge >= 0.3 is 5.91 Å². The Hall–Kier alpha value is -4.38. The maximum atomic E-state index is 9.78. The summed E-state index contributed by atoms with van der Waals surface area (Å²) in [6.45, 7) is 0. The standard InChI is InChI=1S/C14H10IN3O.2C10H8N2.Ru/c15-8-12(19)18-11-7-9-3-1-5-16-13(9)14-10(11)4-2-6-17-14;2*1-3-7-11-9(5-1)10-6-2-4-8-12-10;/h1-7H,8H2,(H,18,19);2*1-8H;/p+6. The van der Waals surface area contributed by atoms with Crippen LogP contribution in [-0.2, 0) is 19.5 Å². The molecule has 0 saturated carbocycles. The fourth-order valence-corrected chi connectivity index (χ4v) is 4.62. The van der Waals surface area contributed by atoms with Crippen LogP contribution in [0.25, 0.3) is 44.6 Å². The summed E-state index contributed by atoms with van der Waals surface area (Å²) in [5, 5.41) is 4.04. The van der Waals surface area contributed by atoms with E-state index in [1.165, 1.54) is 0 Å². The van der Waals surface area contributed by atoms with Crippen molar-refractivity contribution in [1.82, 2.24) is 9.97 Å². The number of quaternary nitrogens is 1. The summed E-state index contributed by atoms with van der Waals surface area (Å²) >= 11 is 2.15. The number of aromatic nitrogens is 6. The molecule has 7 rings (SSSR count). The number of nitrogens with zero attached hydrogens (tertiary/aromatic N) is 2. The van der Waals surface area contributed by atoms with E-state index in [0.717, 1.165) is 50.3 Å². The molecule has 6 aromatic heterocycles. The van der Waals surface area contributed by atoms with Crippen molar-refractivity contribution < 1.29 is 49.5 Å². The van der Waals surface area contributed by atoms with Gasteiger partial charge in [0.05, 0.1) is 16.8 Å². The second-order valence-electron chi connectivity index (χ2n) is 9.31. The van der Waals surface area contributed by atoms with Gasteiger partial charge in [0.1, 0.15) is 5.39 Å². The Kier molecular flexibility index (Phi) is 12.6. The van der Waals surface area contributed by atoms with Gasteiger partial charge in [-0.15, -0.1) is 0 Å². The third-order valence-electron chi connectivity index (χ3n) is 6.38. The number of hydrogen-bond acceptors (Lipinski definition) is 2. The second kappa shape index (κ2) is 17.1. The average Bonchev–Trinajstić information content (AvgIpc) is 3.10. The van der Waals surface area contributed by atoms with Crippen molar-refractivity contribution in [2.75, 3.05) is 4.43 Å². The minimum atomic E-state index is 0. The fraction of sp³-hybridized carbons (Fsp3) is 0.0294. The van der Waals surface area contributed by atoms with Crippen LogP contribution in [0.5, 0.6) is 0 Å². The van der Waals surface area contributed by atoms with Gasteiger partial charge in [-0.3, -0.25) is 9.97 Å². The first-order valence-corrected chi connectivity index (χ1v) is 15.2.